The van der Waals surface area contributed by atoms with Crippen molar-refractivity contribution in [3.05, 3.63) is 22.8 Å². The predicted molar refractivity (Wildman–Crippen MR) is 43.5 cm³/mol. The largest absolute Gasteiger partial charge is 0.337 e. The monoisotopic (exact) mass is 134 g/mol. The van der Waals surface area contributed by atoms with Crippen molar-refractivity contribution in [2.45, 2.75) is 6.54 Å². The maximum Gasteiger partial charge on any atom is 0.0577 e. The summed E-state index contributed by atoms with van der Waals surface area (Å²) in [7, 11) is 0. The third kappa shape index (κ3) is 1.00. The molecule has 0 atom stereocenters. The molecule has 0 aromatic carbocycles. The van der Waals surface area contributed by atoms with E-state index in [-0.39, 0.29) is 0 Å². The Hall–Kier alpha value is -1.31. The fraction of sp³-hybridized carbons (Fsp3) is 0.125. The van der Waals surface area contributed by atoms with E-state index in [1.807, 2.05) is 16.7 Å². The molecule has 1 heterocycles. The molecule has 0 bridgehead atoms. The van der Waals surface area contributed by atoms with E-state index in [1.165, 1.54) is 6.21 Å². The molecule has 1 aromatic rings. The number of rotatable bonds is 2. The first kappa shape index (κ1) is 6.81. The third-order valence-corrected chi connectivity index (χ3v) is 1.44. The zero-order chi connectivity index (χ0) is 7.56. The Morgan fingerprint density at radius 1 is 1.40 bits per heavy atom. The van der Waals surface area contributed by atoms with Gasteiger partial charge in [-0.2, -0.15) is 0 Å². The first-order valence-electron chi connectivity index (χ1n) is 3.08. The highest BCUT2D eigenvalue weighted by Crippen LogP contribution is 1.68. The Labute approximate surface area is 59.6 Å². The summed E-state index contributed by atoms with van der Waals surface area (Å²) < 4.78 is 1.88. The van der Waals surface area contributed by atoms with Crippen LogP contribution in [0.15, 0.2) is 12.1 Å². The summed E-state index contributed by atoms with van der Waals surface area (Å²) in [4.78, 5) is 0. The number of hydrogen-bond donors (Lipinski definition) is 1. The second kappa shape index (κ2) is 2.52. The molecule has 0 fully saturated rings. The Bertz CT molecular complexity index is 294. The molecule has 2 nitrogen and oxygen atoms in total. The molecular formula is C8H10N2. The van der Waals surface area contributed by atoms with Crippen LogP contribution in [0.2, 0.25) is 0 Å². The van der Waals surface area contributed by atoms with Crippen molar-refractivity contribution in [1.82, 2.24) is 4.57 Å². The van der Waals surface area contributed by atoms with E-state index in [0.717, 1.165) is 10.7 Å². The van der Waals surface area contributed by atoms with Gasteiger partial charge in [-0.05, 0) is 12.1 Å². The number of nitrogens with one attached hydrogen (secondary N) is 1. The van der Waals surface area contributed by atoms with E-state index in [2.05, 4.69) is 13.2 Å². The molecule has 0 aliphatic carbocycles. The van der Waals surface area contributed by atoms with Crippen LogP contribution in [-0.4, -0.2) is 10.8 Å². The molecule has 0 aliphatic heterocycles. The Kier molecular flexibility index (Phi) is 1.71. The molecule has 0 amide bonds. The van der Waals surface area contributed by atoms with Crippen molar-refractivity contribution in [1.29, 1.82) is 5.41 Å². The van der Waals surface area contributed by atoms with Gasteiger partial charge in [-0.3, -0.25) is 0 Å². The lowest BCUT2D eigenvalue weighted by atomic mass is 10.6. The molecule has 0 radical (unpaired) electrons. The zero-order valence-corrected chi connectivity index (χ0v) is 5.80. The summed E-state index contributed by atoms with van der Waals surface area (Å²) in [6.45, 7) is 8.13. The molecular weight excluding hydrogens is 124 g/mol. The molecule has 0 unspecified atom stereocenters. The standard InChI is InChI=1S/C8H10N2/c1-7-3-4-8(2)10(7)6-5-9/h3-5,9H,1-2,6H2. The van der Waals surface area contributed by atoms with Crippen molar-refractivity contribution < 1.29 is 0 Å². The topological polar surface area (TPSA) is 28.8 Å². The van der Waals surface area contributed by atoms with Gasteiger partial charge in [-0.15, -0.1) is 0 Å². The fourth-order valence-corrected chi connectivity index (χ4v) is 0.883. The van der Waals surface area contributed by atoms with Crippen molar-refractivity contribution in [2.24, 2.45) is 0 Å². The highest BCUT2D eigenvalue weighted by Gasteiger charge is 1.88. The normalized spacial score (nSPS) is 9.60. The van der Waals surface area contributed by atoms with Crippen LogP contribution in [0, 0.1) is 5.41 Å². The van der Waals surface area contributed by atoms with E-state index in [9.17, 15) is 0 Å². The molecule has 1 N–H and O–H groups in total. The van der Waals surface area contributed by atoms with Crippen molar-refractivity contribution >= 4 is 19.4 Å². The van der Waals surface area contributed by atoms with E-state index in [4.69, 9.17) is 5.41 Å². The van der Waals surface area contributed by atoms with E-state index in [1.54, 1.807) is 0 Å². The number of aromatic nitrogens is 1. The van der Waals surface area contributed by atoms with Crippen LogP contribution in [0.25, 0.3) is 13.2 Å². The number of nitrogens with zero attached hydrogens (tertiary/aromatic N) is 1. The highest BCUT2D eigenvalue weighted by atomic mass is 14.9. The van der Waals surface area contributed by atoms with Gasteiger partial charge < -0.3 is 9.98 Å². The van der Waals surface area contributed by atoms with Gasteiger partial charge in [0, 0.05) is 16.9 Å². The quantitative estimate of drug-likeness (QED) is 0.550. The first-order chi connectivity index (χ1) is 4.75. The van der Waals surface area contributed by atoms with Gasteiger partial charge in [0.2, 0.25) is 0 Å². The Morgan fingerprint density at radius 3 is 2.30 bits per heavy atom. The Morgan fingerprint density at radius 2 is 1.90 bits per heavy atom. The summed E-state index contributed by atoms with van der Waals surface area (Å²) in [6.07, 6.45) is 1.34. The molecule has 52 valence electrons. The maximum absolute atomic E-state index is 6.87. The molecule has 1 rings (SSSR count). The van der Waals surface area contributed by atoms with Gasteiger partial charge in [0.15, 0.2) is 0 Å². The minimum atomic E-state index is 0.574. The SMILES string of the molecule is C=c1ccc(=C)n1CC=N. The highest BCUT2D eigenvalue weighted by molar-refractivity contribution is 5.52. The zero-order valence-electron chi connectivity index (χ0n) is 5.80. The molecule has 0 aliphatic rings. The molecule has 0 saturated carbocycles. The maximum atomic E-state index is 6.87. The van der Waals surface area contributed by atoms with E-state index < -0.39 is 0 Å². The minimum absolute atomic E-state index is 0.574. The van der Waals surface area contributed by atoms with Crippen molar-refractivity contribution in [3.63, 3.8) is 0 Å². The van der Waals surface area contributed by atoms with Crippen LogP contribution in [0.4, 0.5) is 0 Å². The molecule has 0 saturated heterocycles. The van der Waals surface area contributed by atoms with Crippen LogP contribution >= 0.6 is 0 Å². The third-order valence-electron chi connectivity index (χ3n) is 1.44. The fourth-order valence-electron chi connectivity index (χ4n) is 0.883. The molecule has 0 spiro atoms. The average molecular weight is 134 g/mol. The van der Waals surface area contributed by atoms with Crippen LogP contribution in [0.1, 0.15) is 0 Å². The summed E-state index contributed by atoms with van der Waals surface area (Å²) in [5.41, 5.74) is 0. The lowest BCUT2D eigenvalue weighted by Gasteiger charge is -1.95. The predicted octanol–water partition coefficient (Wildman–Crippen LogP) is -0.0417. The summed E-state index contributed by atoms with van der Waals surface area (Å²) >= 11 is 0. The van der Waals surface area contributed by atoms with E-state index in [0.29, 0.717) is 6.54 Å². The Balaban J connectivity index is 3.23. The van der Waals surface area contributed by atoms with Crippen LogP contribution in [0.5, 0.6) is 0 Å². The van der Waals surface area contributed by atoms with Gasteiger partial charge in [0.25, 0.3) is 0 Å². The average Bonchev–Trinajstić information content (AvgIpc) is 2.20. The van der Waals surface area contributed by atoms with Crippen LogP contribution < -0.4 is 10.7 Å². The summed E-state index contributed by atoms with van der Waals surface area (Å²) in [6, 6.07) is 3.79. The van der Waals surface area contributed by atoms with Crippen molar-refractivity contribution in [2.75, 3.05) is 0 Å². The summed E-state index contributed by atoms with van der Waals surface area (Å²) in [5.74, 6) is 0. The van der Waals surface area contributed by atoms with Crippen LogP contribution in [-0.2, 0) is 6.54 Å². The second-order valence-electron chi connectivity index (χ2n) is 2.13. The van der Waals surface area contributed by atoms with Gasteiger partial charge >= 0.3 is 0 Å². The van der Waals surface area contributed by atoms with Crippen molar-refractivity contribution in [3.8, 4) is 0 Å². The van der Waals surface area contributed by atoms with Gasteiger partial charge in [0.05, 0.1) is 6.54 Å². The molecule has 1 aromatic heterocycles. The van der Waals surface area contributed by atoms with Crippen LogP contribution in [0.3, 0.4) is 0 Å². The lowest BCUT2D eigenvalue weighted by Crippen LogP contribution is -2.24. The van der Waals surface area contributed by atoms with E-state index >= 15 is 0 Å². The minimum Gasteiger partial charge on any atom is -0.337 e. The van der Waals surface area contributed by atoms with Gasteiger partial charge in [0.1, 0.15) is 0 Å². The molecule has 10 heavy (non-hydrogen) atoms. The number of hydrogen-bond acceptors (Lipinski definition) is 1. The second-order valence-corrected chi connectivity index (χ2v) is 2.13. The first-order valence-corrected chi connectivity index (χ1v) is 3.08. The summed E-state index contributed by atoms with van der Waals surface area (Å²) in [5, 5.41) is 8.69. The molecule has 2 heteroatoms. The lowest BCUT2D eigenvalue weighted by molar-refractivity contribution is 0.815. The van der Waals surface area contributed by atoms with Gasteiger partial charge in [-0.25, -0.2) is 0 Å². The smallest absolute Gasteiger partial charge is 0.0577 e. The van der Waals surface area contributed by atoms with Gasteiger partial charge in [-0.1, -0.05) is 13.2 Å².